The number of hydrogen-bond acceptors (Lipinski definition) is 4. The van der Waals surface area contributed by atoms with Crippen molar-refractivity contribution in [3.8, 4) is 0 Å². The smallest absolute Gasteiger partial charge is 0.356 e. The molecule has 1 aliphatic heterocycles. The van der Waals surface area contributed by atoms with Gasteiger partial charge in [0.05, 0.1) is 0 Å². The minimum atomic E-state index is -1.03. The van der Waals surface area contributed by atoms with Crippen LogP contribution in [-0.2, 0) is 0 Å². The summed E-state index contributed by atoms with van der Waals surface area (Å²) in [5, 5.41) is 16.5. The molecule has 2 unspecified atom stereocenters. The molecule has 1 saturated heterocycles. The van der Waals surface area contributed by atoms with E-state index in [2.05, 4.69) is 15.1 Å². The minimum absolute atomic E-state index is 0.00754. The Morgan fingerprint density at radius 1 is 1.24 bits per heavy atom. The lowest BCUT2D eigenvalue weighted by molar-refractivity contribution is 0.0689. The highest BCUT2D eigenvalue weighted by atomic mass is 16.4. The molecule has 2 heterocycles. The van der Waals surface area contributed by atoms with E-state index in [0.717, 1.165) is 30.7 Å². The summed E-state index contributed by atoms with van der Waals surface area (Å²) in [5.74, 6) is 1.39. The summed E-state index contributed by atoms with van der Waals surface area (Å²) < 4.78 is 0. The standard InChI is InChI=1S/C12H15N3O2/c16-12(17)10-4-5-11(14-13-10)15-6-8-2-1-3-9(8)7-15/h4-5,8-9H,1-3,6-7H2,(H,16,17). The summed E-state index contributed by atoms with van der Waals surface area (Å²) in [6.07, 6.45) is 4.00. The lowest BCUT2D eigenvalue weighted by Crippen LogP contribution is -2.22. The molecule has 2 atom stereocenters. The van der Waals surface area contributed by atoms with Crippen molar-refractivity contribution < 1.29 is 9.90 Å². The number of carboxylic acid groups (broad SMARTS) is 1. The number of rotatable bonds is 2. The van der Waals surface area contributed by atoms with Crippen molar-refractivity contribution >= 4 is 11.8 Å². The fourth-order valence-electron chi connectivity index (χ4n) is 3.03. The molecule has 0 bridgehead atoms. The highest BCUT2D eigenvalue weighted by molar-refractivity contribution is 5.85. The Bertz CT molecular complexity index is 420. The number of hydrogen-bond donors (Lipinski definition) is 1. The Morgan fingerprint density at radius 3 is 2.47 bits per heavy atom. The number of nitrogens with zero attached hydrogens (tertiary/aromatic N) is 3. The van der Waals surface area contributed by atoms with Gasteiger partial charge in [0.15, 0.2) is 11.5 Å². The average molecular weight is 233 g/mol. The van der Waals surface area contributed by atoms with E-state index in [4.69, 9.17) is 5.11 Å². The molecule has 1 aliphatic carbocycles. The first kappa shape index (κ1) is 10.5. The van der Waals surface area contributed by atoms with Crippen LogP contribution in [0.15, 0.2) is 12.1 Å². The third-order valence-corrected chi connectivity index (χ3v) is 3.92. The molecule has 2 aliphatic rings. The Hall–Kier alpha value is -1.65. The Labute approximate surface area is 99.5 Å². The van der Waals surface area contributed by atoms with E-state index in [1.54, 1.807) is 6.07 Å². The Kier molecular flexibility index (Phi) is 2.46. The number of anilines is 1. The van der Waals surface area contributed by atoms with Gasteiger partial charge in [-0.2, -0.15) is 0 Å². The van der Waals surface area contributed by atoms with Crippen molar-refractivity contribution in [1.82, 2.24) is 10.2 Å². The first-order valence-corrected chi connectivity index (χ1v) is 6.06. The maximum Gasteiger partial charge on any atom is 0.356 e. The fourth-order valence-corrected chi connectivity index (χ4v) is 3.03. The zero-order valence-corrected chi connectivity index (χ0v) is 9.54. The van der Waals surface area contributed by atoms with Gasteiger partial charge in [0.2, 0.25) is 0 Å². The van der Waals surface area contributed by atoms with Gasteiger partial charge in [-0.3, -0.25) is 0 Å². The highest BCUT2D eigenvalue weighted by Gasteiger charge is 2.36. The molecule has 2 fully saturated rings. The molecule has 0 amide bonds. The zero-order chi connectivity index (χ0) is 11.8. The second-order valence-corrected chi connectivity index (χ2v) is 4.94. The van der Waals surface area contributed by atoms with E-state index in [-0.39, 0.29) is 5.69 Å². The van der Waals surface area contributed by atoms with Crippen LogP contribution in [0.4, 0.5) is 5.82 Å². The van der Waals surface area contributed by atoms with Gasteiger partial charge in [-0.1, -0.05) is 6.42 Å². The number of carbonyl (C=O) groups is 1. The third-order valence-electron chi connectivity index (χ3n) is 3.92. The molecule has 0 radical (unpaired) electrons. The monoisotopic (exact) mass is 233 g/mol. The van der Waals surface area contributed by atoms with E-state index in [9.17, 15) is 4.79 Å². The van der Waals surface area contributed by atoms with Gasteiger partial charge in [-0.05, 0) is 36.8 Å². The summed E-state index contributed by atoms with van der Waals surface area (Å²) in [4.78, 5) is 12.9. The second kappa shape index (κ2) is 3.98. The van der Waals surface area contributed by atoms with Crippen LogP contribution < -0.4 is 4.90 Å². The van der Waals surface area contributed by atoms with Crippen molar-refractivity contribution in [2.45, 2.75) is 19.3 Å². The first-order chi connectivity index (χ1) is 8.24. The van der Waals surface area contributed by atoms with Crippen LogP contribution in [0.1, 0.15) is 29.8 Å². The van der Waals surface area contributed by atoms with E-state index in [0.29, 0.717) is 0 Å². The number of aromatic nitrogens is 2. The van der Waals surface area contributed by atoms with Crippen molar-refractivity contribution in [2.75, 3.05) is 18.0 Å². The largest absolute Gasteiger partial charge is 0.476 e. The molecule has 5 heteroatoms. The molecule has 3 rings (SSSR count). The maximum atomic E-state index is 10.7. The second-order valence-electron chi connectivity index (χ2n) is 4.94. The number of fused-ring (bicyclic) bond motifs is 1. The van der Waals surface area contributed by atoms with Crippen molar-refractivity contribution in [2.24, 2.45) is 11.8 Å². The van der Waals surface area contributed by atoms with Crippen LogP contribution in [0.5, 0.6) is 0 Å². The Balaban J connectivity index is 1.75. The summed E-state index contributed by atoms with van der Waals surface area (Å²) >= 11 is 0. The lowest BCUT2D eigenvalue weighted by Gasteiger charge is -2.17. The van der Waals surface area contributed by atoms with E-state index in [1.165, 1.54) is 25.3 Å². The van der Waals surface area contributed by atoms with Crippen LogP contribution in [0.3, 0.4) is 0 Å². The van der Waals surface area contributed by atoms with Crippen molar-refractivity contribution in [1.29, 1.82) is 0 Å². The van der Waals surface area contributed by atoms with Gasteiger partial charge in [0.25, 0.3) is 0 Å². The zero-order valence-electron chi connectivity index (χ0n) is 9.54. The average Bonchev–Trinajstić information content (AvgIpc) is 2.89. The number of aromatic carboxylic acids is 1. The third kappa shape index (κ3) is 1.85. The fraction of sp³-hybridized carbons (Fsp3) is 0.583. The lowest BCUT2D eigenvalue weighted by atomic mass is 10.0. The predicted molar refractivity (Wildman–Crippen MR) is 62.0 cm³/mol. The SMILES string of the molecule is O=C(O)c1ccc(N2CC3CCCC3C2)nn1. The molecule has 0 aromatic carbocycles. The minimum Gasteiger partial charge on any atom is -0.476 e. The topological polar surface area (TPSA) is 66.3 Å². The molecular formula is C12H15N3O2. The summed E-state index contributed by atoms with van der Waals surface area (Å²) in [5.41, 5.74) is 0.00754. The summed E-state index contributed by atoms with van der Waals surface area (Å²) in [7, 11) is 0. The van der Waals surface area contributed by atoms with Crippen molar-refractivity contribution in [3.05, 3.63) is 17.8 Å². The molecule has 90 valence electrons. The van der Waals surface area contributed by atoms with Crippen LogP contribution in [0.2, 0.25) is 0 Å². The molecular weight excluding hydrogens is 218 g/mol. The van der Waals surface area contributed by atoms with E-state index < -0.39 is 5.97 Å². The van der Waals surface area contributed by atoms with E-state index in [1.807, 2.05) is 0 Å². The molecule has 5 nitrogen and oxygen atoms in total. The maximum absolute atomic E-state index is 10.7. The van der Waals surface area contributed by atoms with E-state index >= 15 is 0 Å². The van der Waals surface area contributed by atoms with Crippen LogP contribution >= 0.6 is 0 Å². The predicted octanol–water partition coefficient (Wildman–Crippen LogP) is 1.41. The first-order valence-electron chi connectivity index (χ1n) is 6.06. The van der Waals surface area contributed by atoms with Gasteiger partial charge in [0, 0.05) is 13.1 Å². The Morgan fingerprint density at radius 2 is 1.94 bits per heavy atom. The normalized spacial score (nSPS) is 27.2. The van der Waals surface area contributed by atoms with Gasteiger partial charge in [0.1, 0.15) is 0 Å². The van der Waals surface area contributed by atoms with Gasteiger partial charge >= 0.3 is 5.97 Å². The molecule has 1 N–H and O–H groups in total. The van der Waals surface area contributed by atoms with Crippen molar-refractivity contribution in [3.63, 3.8) is 0 Å². The van der Waals surface area contributed by atoms with Gasteiger partial charge in [-0.15, -0.1) is 10.2 Å². The number of carboxylic acids is 1. The summed E-state index contributed by atoms with van der Waals surface area (Å²) in [6, 6.07) is 3.29. The quantitative estimate of drug-likeness (QED) is 0.836. The highest BCUT2D eigenvalue weighted by Crippen LogP contribution is 2.38. The van der Waals surface area contributed by atoms with Gasteiger partial charge in [-0.25, -0.2) is 4.79 Å². The summed E-state index contributed by atoms with van der Waals surface area (Å²) in [6.45, 7) is 2.09. The van der Waals surface area contributed by atoms with Crippen LogP contribution in [-0.4, -0.2) is 34.4 Å². The van der Waals surface area contributed by atoms with Crippen LogP contribution in [0, 0.1) is 11.8 Å². The molecule has 0 spiro atoms. The molecule has 1 aromatic heterocycles. The van der Waals surface area contributed by atoms with Crippen LogP contribution in [0.25, 0.3) is 0 Å². The molecule has 1 saturated carbocycles. The molecule has 1 aromatic rings. The van der Waals surface area contributed by atoms with Gasteiger partial charge < -0.3 is 10.0 Å². The molecule has 17 heavy (non-hydrogen) atoms.